The van der Waals surface area contributed by atoms with Gasteiger partial charge in [0.05, 0.1) is 12.7 Å². The van der Waals surface area contributed by atoms with Crippen LogP contribution in [0.2, 0.25) is 0 Å². The van der Waals surface area contributed by atoms with Crippen molar-refractivity contribution in [3.05, 3.63) is 52.8 Å². The Morgan fingerprint density at radius 3 is 2.79 bits per heavy atom. The fraction of sp³-hybridized carbons (Fsp3) is 0.438. The largest absolute Gasteiger partial charge is 0.313 e. The molecule has 1 unspecified atom stereocenters. The fourth-order valence-corrected chi connectivity index (χ4v) is 2.40. The van der Waals surface area contributed by atoms with Crippen LogP contribution < -0.4 is 5.32 Å². The van der Waals surface area contributed by atoms with Gasteiger partial charge < -0.3 is 5.32 Å². The first kappa shape index (κ1) is 13.8. The van der Waals surface area contributed by atoms with Gasteiger partial charge in [-0.25, -0.2) is 0 Å². The molecule has 3 heteroatoms. The summed E-state index contributed by atoms with van der Waals surface area (Å²) in [5, 5.41) is 7.79. The average molecular weight is 257 g/mol. The van der Waals surface area contributed by atoms with Crippen molar-refractivity contribution in [2.45, 2.75) is 39.8 Å². The maximum absolute atomic E-state index is 4.48. The van der Waals surface area contributed by atoms with E-state index in [4.69, 9.17) is 0 Å². The Bertz CT molecular complexity index is 539. The molecule has 0 bridgehead atoms. The summed E-state index contributed by atoms with van der Waals surface area (Å²) in [6, 6.07) is 6.97. The van der Waals surface area contributed by atoms with Gasteiger partial charge in [0.15, 0.2) is 0 Å². The SMILES string of the molecule is CCC(NC)c1cnn(Cc2cc(C)ccc2C)c1. The molecule has 0 amide bonds. The van der Waals surface area contributed by atoms with E-state index in [-0.39, 0.29) is 0 Å². The van der Waals surface area contributed by atoms with Crippen LogP contribution in [0.25, 0.3) is 0 Å². The van der Waals surface area contributed by atoms with Crippen LogP contribution in [0.3, 0.4) is 0 Å². The molecule has 0 radical (unpaired) electrons. The Kier molecular flexibility index (Phi) is 4.38. The van der Waals surface area contributed by atoms with Crippen molar-refractivity contribution >= 4 is 0 Å². The third kappa shape index (κ3) is 3.24. The normalized spacial score (nSPS) is 12.6. The van der Waals surface area contributed by atoms with Gasteiger partial charge in [0.2, 0.25) is 0 Å². The van der Waals surface area contributed by atoms with Gasteiger partial charge >= 0.3 is 0 Å². The number of rotatable bonds is 5. The molecule has 19 heavy (non-hydrogen) atoms. The molecule has 0 saturated heterocycles. The van der Waals surface area contributed by atoms with E-state index in [9.17, 15) is 0 Å². The van der Waals surface area contributed by atoms with E-state index in [1.54, 1.807) is 0 Å². The van der Waals surface area contributed by atoms with Crippen LogP contribution in [-0.2, 0) is 6.54 Å². The Morgan fingerprint density at radius 1 is 1.32 bits per heavy atom. The Morgan fingerprint density at radius 2 is 2.11 bits per heavy atom. The van der Waals surface area contributed by atoms with Crippen LogP contribution in [0.15, 0.2) is 30.6 Å². The third-order valence-electron chi connectivity index (χ3n) is 3.65. The first-order valence-electron chi connectivity index (χ1n) is 6.89. The molecule has 2 aromatic rings. The van der Waals surface area contributed by atoms with Gasteiger partial charge in [-0.2, -0.15) is 5.10 Å². The second-order valence-corrected chi connectivity index (χ2v) is 5.15. The fourth-order valence-electron chi connectivity index (χ4n) is 2.40. The monoisotopic (exact) mass is 257 g/mol. The van der Waals surface area contributed by atoms with Crippen molar-refractivity contribution in [1.82, 2.24) is 15.1 Å². The molecule has 0 aliphatic heterocycles. The molecule has 102 valence electrons. The minimum absolute atomic E-state index is 0.396. The lowest BCUT2D eigenvalue weighted by Crippen LogP contribution is -2.14. The number of nitrogens with one attached hydrogen (secondary N) is 1. The summed E-state index contributed by atoms with van der Waals surface area (Å²) in [6.07, 6.45) is 5.19. The molecular formula is C16H23N3. The van der Waals surface area contributed by atoms with Crippen molar-refractivity contribution in [1.29, 1.82) is 0 Å². The van der Waals surface area contributed by atoms with Crippen LogP contribution in [-0.4, -0.2) is 16.8 Å². The van der Waals surface area contributed by atoms with E-state index in [1.807, 2.05) is 17.9 Å². The molecule has 0 fully saturated rings. The second kappa shape index (κ2) is 6.02. The van der Waals surface area contributed by atoms with Crippen molar-refractivity contribution in [2.24, 2.45) is 0 Å². The van der Waals surface area contributed by atoms with Gasteiger partial charge in [0.1, 0.15) is 0 Å². The molecule has 1 aromatic heterocycles. The molecule has 1 N–H and O–H groups in total. The highest BCUT2D eigenvalue weighted by molar-refractivity contribution is 5.30. The number of hydrogen-bond donors (Lipinski definition) is 1. The number of nitrogens with zero attached hydrogens (tertiary/aromatic N) is 2. The minimum atomic E-state index is 0.396. The Labute approximate surface area is 115 Å². The predicted molar refractivity (Wildman–Crippen MR) is 79.3 cm³/mol. The van der Waals surface area contributed by atoms with Gasteiger partial charge in [-0.15, -0.1) is 0 Å². The third-order valence-corrected chi connectivity index (χ3v) is 3.65. The van der Waals surface area contributed by atoms with Gasteiger partial charge in [-0.1, -0.05) is 30.7 Å². The summed E-state index contributed by atoms with van der Waals surface area (Å²) >= 11 is 0. The highest BCUT2D eigenvalue weighted by Gasteiger charge is 2.09. The molecule has 0 saturated carbocycles. The molecule has 0 aliphatic carbocycles. The maximum Gasteiger partial charge on any atom is 0.0662 e. The lowest BCUT2D eigenvalue weighted by molar-refractivity contribution is 0.575. The zero-order chi connectivity index (χ0) is 13.8. The standard InChI is InChI=1S/C16H23N3/c1-5-16(17-4)15-9-18-19(11-15)10-14-8-12(2)6-7-13(14)3/h6-9,11,16-17H,5,10H2,1-4H3. The molecule has 2 rings (SSSR count). The molecule has 3 nitrogen and oxygen atoms in total. The van der Waals surface area contributed by atoms with Gasteiger partial charge in [0, 0.05) is 17.8 Å². The Hall–Kier alpha value is -1.61. The molecule has 0 spiro atoms. The smallest absolute Gasteiger partial charge is 0.0662 e. The first-order valence-corrected chi connectivity index (χ1v) is 6.89. The van der Waals surface area contributed by atoms with E-state index in [0.29, 0.717) is 6.04 Å². The van der Waals surface area contributed by atoms with E-state index in [0.717, 1.165) is 13.0 Å². The number of benzene rings is 1. The average Bonchev–Trinajstić information content (AvgIpc) is 2.84. The summed E-state index contributed by atoms with van der Waals surface area (Å²) in [6.45, 7) is 7.31. The summed E-state index contributed by atoms with van der Waals surface area (Å²) < 4.78 is 2.02. The molecule has 1 aromatic carbocycles. The Balaban J connectivity index is 2.18. The van der Waals surface area contributed by atoms with Crippen LogP contribution in [0.1, 0.15) is 41.6 Å². The van der Waals surface area contributed by atoms with Crippen LogP contribution >= 0.6 is 0 Å². The molecule has 1 heterocycles. The van der Waals surface area contributed by atoms with E-state index in [2.05, 4.69) is 55.6 Å². The van der Waals surface area contributed by atoms with E-state index >= 15 is 0 Å². The van der Waals surface area contributed by atoms with Gasteiger partial charge in [0.25, 0.3) is 0 Å². The van der Waals surface area contributed by atoms with Crippen molar-refractivity contribution in [3.63, 3.8) is 0 Å². The maximum atomic E-state index is 4.48. The molecule has 1 atom stereocenters. The molecular weight excluding hydrogens is 234 g/mol. The highest BCUT2D eigenvalue weighted by Crippen LogP contribution is 2.17. The second-order valence-electron chi connectivity index (χ2n) is 5.15. The van der Waals surface area contributed by atoms with Gasteiger partial charge in [-0.05, 0) is 38.4 Å². The van der Waals surface area contributed by atoms with Gasteiger partial charge in [-0.3, -0.25) is 4.68 Å². The van der Waals surface area contributed by atoms with Crippen molar-refractivity contribution in [2.75, 3.05) is 7.05 Å². The van der Waals surface area contributed by atoms with E-state index < -0.39 is 0 Å². The summed E-state index contributed by atoms with van der Waals surface area (Å²) in [4.78, 5) is 0. The minimum Gasteiger partial charge on any atom is -0.313 e. The molecule has 0 aliphatic rings. The lowest BCUT2D eigenvalue weighted by Gasteiger charge is -2.11. The zero-order valence-electron chi connectivity index (χ0n) is 12.3. The highest BCUT2D eigenvalue weighted by atomic mass is 15.3. The topological polar surface area (TPSA) is 29.9 Å². The quantitative estimate of drug-likeness (QED) is 0.891. The van der Waals surface area contributed by atoms with Crippen molar-refractivity contribution in [3.8, 4) is 0 Å². The van der Waals surface area contributed by atoms with Crippen LogP contribution in [0.4, 0.5) is 0 Å². The van der Waals surface area contributed by atoms with E-state index in [1.165, 1.54) is 22.3 Å². The van der Waals surface area contributed by atoms with Crippen LogP contribution in [0.5, 0.6) is 0 Å². The number of aromatic nitrogens is 2. The summed E-state index contributed by atoms with van der Waals surface area (Å²) in [5.74, 6) is 0. The summed E-state index contributed by atoms with van der Waals surface area (Å²) in [7, 11) is 2.00. The number of aryl methyl sites for hydroxylation is 2. The van der Waals surface area contributed by atoms with Crippen molar-refractivity contribution < 1.29 is 0 Å². The summed E-state index contributed by atoms with van der Waals surface area (Å²) in [5.41, 5.74) is 5.22. The lowest BCUT2D eigenvalue weighted by atomic mass is 10.1. The first-order chi connectivity index (χ1) is 9.13. The van der Waals surface area contributed by atoms with Crippen LogP contribution in [0, 0.1) is 13.8 Å². The predicted octanol–water partition coefficient (Wildman–Crippen LogP) is 3.22. The number of hydrogen-bond acceptors (Lipinski definition) is 2. The zero-order valence-corrected chi connectivity index (χ0v) is 12.3.